The third kappa shape index (κ3) is 4.52. The van der Waals surface area contributed by atoms with E-state index in [9.17, 15) is 24.4 Å². The number of H-pyrrole nitrogens is 1. The highest BCUT2D eigenvalue weighted by Crippen LogP contribution is 2.38. The average molecular weight is 448 g/mol. The number of aliphatic hydroxyl groups is 2. The number of aliphatic hydroxyl groups excluding tert-OH is 2. The van der Waals surface area contributed by atoms with Crippen LogP contribution in [0.4, 0.5) is 5.95 Å². The van der Waals surface area contributed by atoms with Crippen LogP contribution >= 0.6 is 7.82 Å². The number of fused-ring (bicyclic) bond motifs is 1. The van der Waals surface area contributed by atoms with Crippen LogP contribution in [0.5, 0.6) is 0 Å². The predicted molar refractivity (Wildman–Crippen MR) is 99.2 cm³/mol. The van der Waals surface area contributed by atoms with Gasteiger partial charge in [0.05, 0.1) is 12.9 Å². The molecule has 1 aliphatic heterocycles. The zero-order chi connectivity index (χ0) is 22.2. The number of aromatic amines is 1. The molecule has 166 valence electrons. The molecule has 0 bridgehead atoms. The van der Waals surface area contributed by atoms with Crippen molar-refractivity contribution in [1.82, 2.24) is 24.8 Å². The molecule has 0 unspecified atom stereocenters. The van der Waals surface area contributed by atoms with Gasteiger partial charge in [-0.05, 0) is 6.92 Å². The van der Waals surface area contributed by atoms with Gasteiger partial charge in [-0.3, -0.25) is 23.7 Å². The zero-order valence-corrected chi connectivity index (χ0v) is 16.7. The average Bonchev–Trinajstić information content (AvgIpc) is 3.21. The lowest BCUT2D eigenvalue weighted by atomic mass is 10.1. The van der Waals surface area contributed by atoms with E-state index in [-0.39, 0.29) is 23.0 Å². The van der Waals surface area contributed by atoms with Crippen molar-refractivity contribution in [1.29, 1.82) is 0 Å². The number of carbonyl (C=O) groups excluding carboxylic acids is 1. The molecule has 0 aliphatic carbocycles. The minimum Gasteiger partial charge on any atom is -0.387 e. The van der Waals surface area contributed by atoms with Gasteiger partial charge >= 0.3 is 7.82 Å². The van der Waals surface area contributed by atoms with Crippen LogP contribution in [0.1, 0.15) is 13.2 Å². The Hall–Kier alpha value is -2.39. The number of likely N-dealkylation sites (N-methyl/N-ethyl adjacent to an activating group) is 1. The second-order valence-corrected chi connectivity index (χ2v) is 7.79. The van der Waals surface area contributed by atoms with Gasteiger partial charge in [-0.25, -0.2) is 9.55 Å². The Kier molecular flexibility index (Phi) is 6.24. The molecule has 0 aromatic carbocycles. The quantitative estimate of drug-likeness (QED) is 0.217. The summed E-state index contributed by atoms with van der Waals surface area (Å²) < 4.78 is 21.8. The van der Waals surface area contributed by atoms with Gasteiger partial charge in [-0.15, -0.1) is 0 Å². The normalized spacial score (nSPS) is 25.4. The first-order valence-corrected chi connectivity index (χ1v) is 10.2. The molecule has 1 fully saturated rings. The van der Waals surface area contributed by atoms with E-state index in [0.29, 0.717) is 0 Å². The standard InChI is InChI=1S/C14H21N6O9P/c1-5(11(23)15-2)17-14-18-10-7(12(24)19-14)16-4-20(10)13-9(22)8(21)6(29-13)3-28-30(25,26)27/h4-6,8-9,13,21-22H,3H2,1-2H3,(H,15,23)(H2,25,26,27)(H2,17,18,19,24)/t5-,6+,8+,9+,13+/m0/s1. The van der Waals surface area contributed by atoms with Crippen LogP contribution in [0.2, 0.25) is 0 Å². The smallest absolute Gasteiger partial charge is 0.387 e. The number of hydrogen-bond donors (Lipinski definition) is 7. The summed E-state index contributed by atoms with van der Waals surface area (Å²) in [6, 6.07) is -0.726. The third-order valence-electron chi connectivity index (χ3n) is 4.44. The topological polar surface area (TPSA) is 221 Å². The first kappa shape index (κ1) is 22.3. The lowest BCUT2D eigenvalue weighted by Crippen LogP contribution is -2.36. The highest BCUT2D eigenvalue weighted by atomic mass is 31.2. The Balaban J connectivity index is 1.89. The highest BCUT2D eigenvalue weighted by molar-refractivity contribution is 7.46. The highest BCUT2D eigenvalue weighted by Gasteiger charge is 2.45. The van der Waals surface area contributed by atoms with Crippen molar-refractivity contribution >= 4 is 30.8 Å². The molecule has 0 spiro atoms. The fourth-order valence-electron chi connectivity index (χ4n) is 2.94. The fourth-order valence-corrected chi connectivity index (χ4v) is 3.28. The number of phosphoric acid groups is 1. The number of nitrogens with zero attached hydrogens (tertiary/aromatic N) is 3. The summed E-state index contributed by atoms with van der Waals surface area (Å²) in [4.78, 5) is 52.1. The summed E-state index contributed by atoms with van der Waals surface area (Å²) >= 11 is 0. The van der Waals surface area contributed by atoms with Gasteiger partial charge in [-0.2, -0.15) is 4.98 Å². The molecular formula is C14H21N6O9P. The van der Waals surface area contributed by atoms with Crippen LogP contribution in [0.15, 0.2) is 11.1 Å². The predicted octanol–water partition coefficient (Wildman–Crippen LogP) is -2.61. The van der Waals surface area contributed by atoms with E-state index in [1.165, 1.54) is 11.6 Å². The molecule has 16 heteroatoms. The largest absolute Gasteiger partial charge is 0.469 e. The van der Waals surface area contributed by atoms with Gasteiger partial charge in [0.25, 0.3) is 5.56 Å². The number of phosphoric ester groups is 1. The first-order chi connectivity index (χ1) is 14.0. The summed E-state index contributed by atoms with van der Waals surface area (Å²) in [7, 11) is -3.36. The maximum absolute atomic E-state index is 12.3. The Labute approximate surface area is 168 Å². The van der Waals surface area contributed by atoms with Crippen LogP contribution in [0, 0.1) is 0 Å². The van der Waals surface area contributed by atoms with E-state index >= 15 is 0 Å². The van der Waals surface area contributed by atoms with Crippen molar-refractivity contribution in [3.63, 3.8) is 0 Å². The minimum atomic E-state index is -4.81. The van der Waals surface area contributed by atoms with E-state index in [2.05, 4.69) is 30.1 Å². The molecule has 1 aliphatic rings. The van der Waals surface area contributed by atoms with Crippen molar-refractivity contribution < 1.29 is 38.6 Å². The van der Waals surface area contributed by atoms with Gasteiger partial charge in [0, 0.05) is 7.05 Å². The number of aromatic nitrogens is 4. The molecule has 15 nitrogen and oxygen atoms in total. The maximum Gasteiger partial charge on any atom is 0.469 e. The number of amides is 1. The number of rotatable bonds is 7. The number of anilines is 1. The number of hydrogen-bond acceptors (Lipinski definition) is 10. The van der Waals surface area contributed by atoms with E-state index in [1.54, 1.807) is 6.92 Å². The molecule has 5 atom stereocenters. The van der Waals surface area contributed by atoms with E-state index in [4.69, 9.17) is 14.5 Å². The lowest BCUT2D eigenvalue weighted by Gasteiger charge is -2.17. The number of carbonyl (C=O) groups is 1. The SMILES string of the molecule is CNC(=O)[C@H](C)Nc1nc2c(ncn2[C@@H]2O[C@H](COP(=O)(O)O)[C@@H](O)[C@H]2O)c(=O)[nH]1. The van der Waals surface area contributed by atoms with Gasteiger partial charge in [0.15, 0.2) is 17.4 Å². The Morgan fingerprint density at radius 2 is 2.13 bits per heavy atom. The van der Waals surface area contributed by atoms with Gasteiger partial charge < -0.3 is 35.4 Å². The second-order valence-electron chi connectivity index (χ2n) is 6.55. The summed E-state index contributed by atoms with van der Waals surface area (Å²) in [5, 5.41) is 25.6. The molecular weight excluding hydrogens is 427 g/mol. The molecule has 2 aromatic rings. The van der Waals surface area contributed by atoms with Crippen molar-refractivity contribution in [3.8, 4) is 0 Å². The van der Waals surface area contributed by atoms with Gasteiger partial charge in [0.2, 0.25) is 11.9 Å². The molecule has 7 N–H and O–H groups in total. The fraction of sp³-hybridized carbons (Fsp3) is 0.571. The number of ether oxygens (including phenoxy) is 1. The molecule has 30 heavy (non-hydrogen) atoms. The lowest BCUT2D eigenvalue weighted by molar-refractivity contribution is -0.121. The number of imidazole rings is 1. The summed E-state index contributed by atoms with van der Waals surface area (Å²) in [6.45, 7) is 0.863. The molecule has 3 heterocycles. The van der Waals surface area contributed by atoms with E-state index in [1.807, 2.05) is 0 Å². The second kappa shape index (κ2) is 8.39. The first-order valence-electron chi connectivity index (χ1n) is 8.68. The Morgan fingerprint density at radius 1 is 1.43 bits per heavy atom. The van der Waals surface area contributed by atoms with Crippen LogP contribution in [0.25, 0.3) is 11.2 Å². The molecule has 1 amide bonds. The zero-order valence-electron chi connectivity index (χ0n) is 15.8. The minimum absolute atomic E-state index is 0.0156. The maximum atomic E-state index is 12.3. The molecule has 1 saturated heterocycles. The summed E-state index contributed by atoms with van der Waals surface area (Å²) in [6.07, 6.45) is -4.44. The van der Waals surface area contributed by atoms with Crippen molar-refractivity contribution in [2.75, 3.05) is 19.0 Å². The van der Waals surface area contributed by atoms with Crippen LogP contribution in [0.3, 0.4) is 0 Å². The van der Waals surface area contributed by atoms with Crippen molar-refractivity contribution in [2.24, 2.45) is 0 Å². The molecule has 2 aromatic heterocycles. The summed E-state index contributed by atoms with van der Waals surface area (Å²) in [5.74, 6) is -0.392. The van der Waals surface area contributed by atoms with E-state index < -0.39 is 50.6 Å². The van der Waals surface area contributed by atoms with Crippen LogP contribution in [-0.2, 0) is 18.6 Å². The molecule has 3 rings (SSSR count). The van der Waals surface area contributed by atoms with Crippen LogP contribution < -0.4 is 16.2 Å². The van der Waals surface area contributed by atoms with Gasteiger partial charge in [0.1, 0.15) is 24.4 Å². The van der Waals surface area contributed by atoms with Crippen LogP contribution in [-0.4, -0.2) is 83.4 Å². The summed E-state index contributed by atoms with van der Waals surface area (Å²) in [5.41, 5.74) is -0.730. The van der Waals surface area contributed by atoms with Gasteiger partial charge in [-0.1, -0.05) is 0 Å². The Morgan fingerprint density at radius 3 is 2.77 bits per heavy atom. The molecule has 0 saturated carbocycles. The third-order valence-corrected chi connectivity index (χ3v) is 4.93. The van der Waals surface area contributed by atoms with Crippen molar-refractivity contribution in [3.05, 3.63) is 16.7 Å². The molecule has 0 radical (unpaired) electrons. The van der Waals surface area contributed by atoms with Crippen molar-refractivity contribution in [2.45, 2.75) is 37.5 Å². The Bertz CT molecular complexity index is 1030. The van der Waals surface area contributed by atoms with E-state index in [0.717, 1.165) is 6.33 Å². The monoisotopic (exact) mass is 448 g/mol. The number of nitrogens with one attached hydrogen (secondary N) is 3.